The molecule has 11 rings (SSSR count). The number of pyridine rings is 1. The van der Waals surface area contributed by atoms with Gasteiger partial charge < -0.3 is 5.11 Å². The second-order valence-electron chi connectivity index (χ2n) is 21.1. The first kappa shape index (κ1) is 50.6. The largest absolute Gasteiger partial charge is 0.507 e. The van der Waals surface area contributed by atoms with Crippen LogP contribution in [-0.4, -0.2) is 19.6 Å². The molecule has 0 aliphatic heterocycles. The summed E-state index contributed by atoms with van der Waals surface area (Å²) in [5, 5.41) is 12.6. The molecule has 75 heavy (non-hydrogen) atoms. The van der Waals surface area contributed by atoms with Crippen LogP contribution in [0.25, 0.3) is 106 Å². The predicted octanol–water partition coefficient (Wildman–Crippen LogP) is 18.8. The number of hydrogen-bond donors (Lipinski definition) is 1. The van der Waals surface area contributed by atoms with Gasteiger partial charge in [-0.15, -0.1) is 23.8 Å². The van der Waals surface area contributed by atoms with E-state index in [1.54, 1.807) is 0 Å². The van der Waals surface area contributed by atoms with Gasteiger partial charge in [0.25, 0.3) is 0 Å². The molecule has 0 spiro atoms. The average Bonchev–Trinajstić information content (AvgIpc) is 3.87. The summed E-state index contributed by atoms with van der Waals surface area (Å²) in [6.07, 6.45) is 1.90. The predicted molar refractivity (Wildman–Crippen MR) is 310 cm³/mol. The van der Waals surface area contributed by atoms with E-state index in [1.165, 1.54) is 16.7 Å². The van der Waals surface area contributed by atoms with Gasteiger partial charge in [0, 0.05) is 38.5 Å². The molecule has 0 unspecified atom stereocenters. The van der Waals surface area contributed by atoms with Crippen LogP contribution in [0.5, 0.6) is 5.75 Å². The Balaban J connectivity index is 0.00000641. The average molecular weight is 1150 g/mol. The molecule has 4 nitrogen and oxygen atoms in total. The van der Waals surface area contributed by atoms with Gasteiger partial charge in [-0.25, -0.2) is 4.98 Å². The van der Waals surface area contributed by atoms with Crippen molar-refractivity contribution in [3.63, 3.8) is 0 Å². The van der Waals surface area contributed by atoms with Gasteiger partial charge >= 0.3 is 0 Å². The number of aromatic hydroxyl groups is 1. The molecule has 5 heteroatoms. The maximum absolute atomic E-state index is 12.6. The van der Waals surface area contributed by atoms with Crippen LogP contribution in [0.1, 0.15) is 77.0 Å². The first-order valence-corrected chi connectivity index (χ1v) is 25.8. The molecule has 2 aromatic heterocycles. The minimum atomic E-state index is -0.186. The van der Waals surface area contributed by atoms with E-state index in [2.05, 4.69) is 265 Å². The summed E-state index contributed by atoms with van der Waals surface area (Å²) in [4.78, 5) is 10.8. The second kappa shape index (κ2) is 21.1. The summed E-state index contributed by atoms with van der Waals surface area (Å²) >= 11 is 0. The number of para-hydroxylation sites is 1. The molecule has 0 amide bonds. The van der Waals surface area contributed by atoms with Gasteiger partial charge in [-0.3, -0.25) is 9.55 Å². The van der Waals surface area contributed by atoms with Crippen LogP contribution in [0.4, 0.5) is 0 Å². The molecule has 0 saturated carbocycles. The van der Waals surface area contributed by atoms with Gasteiger partial charge in [0.2, 0.25) is 0 Å². The fraction of sp³-hybridized carbons (Fsp3) is 0.143. The Kier molecular flexibility index (Phi) is 14.3. The van der Waals surface area contributed by atoms with Gasteiger partial charge in [0.1, 0.15) is 11.6 Å². The Morgan fingerprint density at radius 1 is 0.467 bits per heavy atom. The van der Waals surface area contributed by atoms with Gasteiger partial charge in [0.15, 0.2) is 0 Å². The number of phenolic OH excluding ortho intramolecular Hbond substituents is 1. The fourth-order valence-corrected chi connectivity index (χ4v) is 10.4. The molecule has 0 fully saturated rings. The van der Waals surface area contributed by atoms with E-state index in [1.807, 2.05) is 12.3 Å². The number of nitrogens with zero attached hydrogens (tertiary/aromatic N) is 3. The van der Waals surface area contributed by atoms with E-state index in [-0.39, 0.29) is 44.1 Å². The molecule has 372 valence electrons. The Morgan fingerprint density at radius 3 is 1.60 bits per heavy atom. The van der Waals surface area contributed by atoms with Crippen molar-refractivity contribution in [3.05, 3.63) is 241 Å². The first-order valence-electron chi connectivity index (χ1n) is 25.8. The monoisotopic (exact) mass is 1150 g/mol. The third-order valence-electron chi connectivity index (χ3n) is 14.4. The number of rotatable bonds is 11. The Hall–Kier alpha value is -7.91. The Morgan fingerprint density at radius 2 is 1.01 bits per heavy atom. The Labute approximate surface area is 456 Å². The summed E-state index contributed by atoms with van der Waals surface area (Å²) < 4.78 is 2.30. The van der Waals surface area contributed by atoms with Crippen molar-refractivity contribution in [2.75, 3.05) is 0 Å². The number of aromatic nitrogens is 3. The number of hydrogen-bond acceptors (Lipinski definition) is 3. The summed E-state index contributed by atoms with van der Waals surface area (Å²) in [5.41, 5.74) is 21.1. The number of imidazole rings is 1. The van der Waals surface area contributed by atoms with Gasteiger partial charge in [-0.1, -0.05) is 235 Å². The summed E-state index contributed by atoms with van der Waals surface area (Å²) in [6, 6.07) is 79.2. The molecule has 0 saturated heterocycles. The Bertz CT molecular complexity index is 3800. The maximum Gasteiger partial charge on any atom is 0.148 e. The van der Waals surface area contributed by atoms with E-state index < -0.39 is 0 Å². The van der Waals surface area contributed by atoms with Gasteiger partial charge in [-0.05, 0) is 109 Å². The molecule has 0 bridgehead atoms. The van der Waals surface area contributed by atoms with Crippen LogP contribution in [0, 0.1) is 6.07 Å². The van der Waals surface area contributed by atoms with Crippen LogP contribution < -0.4 is 0 Å². The zero-order valence-electron chi connectivity index (χ0n) is 43.5. The molecule has 2 heterocycles. The van der Waals surface area contributed by atoms with Crippen molar-refractivity contribution in [2.24, 2.45) is 0 Å². The van der Waals surface area contributed by atoms with Crippen molar-refractivity contribution < 1.29 is 26.2 Å². The van der Waals surface area contributed by atoms with Gasteiger partial charge in [-0.2, -0.15) is 0 Å². The number of fused-ring (bicyclic) bond motifs is 1. The number of phenols is 1. The summed E-state index contributed by atoms with van der Waals surface area (Å²) in [5.74, 6) is 1.21. The van der Waals surface area contributed by atoms with E-state index in [4.69, 9.17) is 9.97 Å². The number of benzene rings is 9. The zero-order chi connectivity index (χ0) is 51.1. The van der Waals surface area contributed by atoms with Crippen molar-refractivity contribution in [2.45, 2.75) is 65.7 Å². The minimum absolute atomic E-state index is 0. The van der Waals surface area contributed by atoms with E-state index in [9.17, 15) is 5.11 Å². The van der Waals surface area contributed by atoms with Crippen LogP contribution in [0.2, 0.25) is 0 Å². The van der Waals surface area contributed by atoms with Crippen molar-refractivity contribution >= 4 is 11.0 Å². The van der Waals surface area contributed by atoms with Crippen molar-refractivity contribution in [1.82, 2.24) is 14.5 Å². The van der Waals surface area contributed by atoms with Crippen LogP contribution in [0.3, 0.4) is 0 Å². The van der Waals surface area contributed by atoms with Crippen LogP contribution in [-0.2, 0) is 26.5 Å². The quantitative estimate of drug-likeness (QED) is 0.131. The van der Waals surface area contributed by atoms with Crippen LogP contribution in [0.15, 0.2) is 219 Å². The molecular formula is C70H60N3OPt-. The van der Waals surface area contributed by atoms with E-state index in [0.29, 0.717) is 11.4 Å². The molecule has 0 radical (unpaired) electrons. The molecule has 1 N–H and O–H groups in total. The van der Waals surface area contributed by atoms with Crippen molar-refractivity contribution in [3.8, 4) is 101 Å². The summed E-state index contributed by atoms with van der Waals surface area (Å²) in [7, 11) is 0. The van der Waals surface area contributed by atoms with Crippen LogP contribution >= 0.6 is 0 Å². The molecule has 11 aromatic rings. The topological polar surface area (TPSA) is 50.9 Å². The summed E-state index contributed by atoms with van der Waals surface area (Å²) in [6.45, 7) is 15.6. The second-order valence-corrected chi connectivity index (χ2v) is 21.1. The molecule has 0 aliphatic rings. The third-order valence-corrected chi connectivity index (χ3v) is 14.4. The van der Waals surface area contributed by atoms with Crippen molar-refractivity contribution in [1.29, 1.82) is 0 Å². The van der Waals surface area contributed by atoms with E-state index in [0.717, 1.165) is 94.7 Å². The molecular weight excluding hydrogens is 1090 g/mol. The smallest absolute Gasteiger partial charge is 0.148 e. The van der Waals surface area contributed by atoms with Gasteiger partial charge in [0.05, 0.1) is 22.3 Å². The maximum atomic E-state index is 12.6. The van der Waals surface area contributed by atoms with E-state index >= 15 is 0 Å². The zero-order valence-corrected chi connectivity index (χ0v) is 45.8. The third kappa shape index (κ3) is 10.1. The SMILES string of the molecule is CC(C)c1cc(-c2nc3c(-c4[c-]c(-c5cc(-c6ccc(-c7ccccc7)cc6)ccn5)cc(-c5ccccc5)c4)cccc3n2-c2cc(-c3ccccc3)c(C(C)(C)C)cc2-c2ccccc2)c(O)c(C(C)C)c1.[Pt]. The normalized spacial score (nSPS) is 11.6. The fourth-order valence-electron chi connectivity index (χ4n) is 10.4. The molecule has 9 aromatic carbocycles. The first-order chi connectivity index (χ1) is 35.9. The molecule has 0 aliphatic carbocycles. The standard InChI is InChI=1S/C70H60N3O.Pt/c1-45(2)54-40-59(46(3)4)68(74)62(41-54)69-72-67-58(29-20-30-65(67)73(69)66-44-60(51-25-16-10-17-26-51)63(70(5,6)7)43-61(66)52-27-18-11-19-28-52)56-37-55(48-23-14-9-15-24-48)38-57(39-56)64-42-53(35-36-71-64)50-33-31-49(32-34-50)47-21-12-8-13-22-47;/h8-38,40-46,74H,1-7H3;/q-1;. The minimum Gasteiger partial charge on any atom is -0.507 e. The molecule has 0 atom stereocenters.